The topological polar surface area (TPSA) is 75.6 Å². The summed E-state index contributed by atoms with van der Waals surface area (Å²) in [5, 5.41) is 11.7. The zero-order valence-corrected chi connectivity index (χ0v) is 11.8. The Kier molecular flexibility index (Phi) is 6.73. The van der Waals surface area contributed by atoms with Crippen molar-refractivity contribution in [2.45, 2.75) is 38.3 Å². The fraction of sp³-hybridized carbons (Fsp3) is 0.467. The molecule has 20 heavy (non-hydrogen) atoms. The second-order valence-electron chi connectivity index (χ2n) is 4.73. The van der Waals surface area contributed by atoms with E-state index in [9.17, 15) is 9.59 Å². The first-order valence-electron chi connectivity index (χ1n) is 6.61. The average molecular weight is 279 g/mol. The van der Waals surface area contributed by atoms with Gasteiger partial charge in [-0.15, -0.1) is 0 Å². The number of ether oxygens (including phenoxy) is 1. The van der Waals surface area contributed by atoms with Crippen LogP contribution in [0.5, 0.6) is 0 Å². The number of benzene rings is 1. The summed E-state index contributed by atoms with van der Waals surface area (Å²) in [5.74, 6) is -1.29. The molecule has 1 amide bonds. The lowest BCUT2D eigenvalue weighted by atomic mass is 10.1. The van der Waals surface area contributed by atoms with E-state index in [0.717, 1.165) is 5.56 Å². The Balaban J connectivity index is 2.51. The number of carbonyl (C=O) groups is 2. The highest BCUT2D eigenvalue weighted by atomic mass is 16.5. The number of carboxylic acids is 1. The van der Waals surface area contributed by atoms with Gasteiger partial charge in [-0.3, -0.25) is 4.79 Å². The first-order valence-corrected chi connectivity index (χ1v) is 6.61. The molecule has 2 atom stereocenters. The molecule has 0 saturated heterocycles. The smallest absolute Gasteiger partial charge is 0.326 e. The number of hydrogen-bond acceptors (Lipinski definition) is 3. The van der Waals surface area contributed by atoms with Gasteiger partial charge >= 0.3 is 5.97 Å². The molecular weight excluding hydrogens is 258 g/mol. The zero-order chi connectivity index (χ0) is 15.0. The number of carboxylic acid groups (broad SMARTS) is 1. The van der Waals surface area contributed by atoms with Crippen LogP contribution in [0.2, 0.25) is 0 Å². The van der Waals surface area contributed by atoms with Crippen LogP contribution in [0.4, 0.5) is 0 Å². The van der Waals surface area contributed by atoms with E-state index in [2.05, 4.69) is 5.32 Å². The Hall–Kier alpha value is -1.88. The summed E-state index contributed by atoms with van der Waals surface area (Å²) in [6, 6.07) is 8.34. The Morgan fingerprint density at radius 3 is 2.50 bits per heavy atom. The van der Waals surface area contributed by atoms with E-state index in [1.165, 1.54) is 0 Å². The van der Waals surface area contributed by atoms with Crippen molar-refractivity contribution in [1.82, 2.24) is 5.32 Å². The van der Waals surface area contributed by atoms with E-state index in [4.69, 9.17) is 9.84 Å². The summed E-state index contributed by atoms with van der Waals surface area (Å²) in [6.07, 6.45) is 1.09. The number of amides is 1. The third kappa shape index (κ3) is 5.84. The van der Waals surface area contributed by atoms with Gasteiger partial charge in [0.05, 0.1) is 6.10 Å². The number of nitrogens with one attached hydrogen (secondary N) is 1. The van der Waals surface area contributed by atoms with Gasteiger partial charge < -0.3 is 15.2 Å². The lowest BCUT2D eigenvalue weighted by molar-refractivity contribution is -0.141. The van der Waals surface area contributed by atoms with Gasteiger partial charge in [-0.25, -0.2) is 4.79 Å². The number of hydrogen-bond donors (Lipinski definition) is 2. The van der Waals surface area contributed by atoms with Gasteiger partial charge in [0.2, 0.25) is 5.91 Å². The predicted molar refractivity (Wildman–Crippen MR) is 75.4 cm³/mol. The highest BCUT2D eigenvalue weighted by molar-refractivity contribution is 5.83. The molecule has 0 fully saturated rings. The van der Waals surface area contributed by atoms with Gasteiger partial charge in [0.1, 0.15) is 6.04 Å². The Morgan fingerprint density at radius 1 is 1.30 bits per heavy atom. The third-order valence-electron chi connectivity index (χ3n) is 3.10. The molecule has 1 unspecified atom stereocenters. The van der Waals surface area contributed by atoms with Gasteiger partial charge in [-0.2, -0.15) is 0 Å². The molecule has 110 valence electrons. The SMILES string of the molecule is COC(C)CCC(=O)N[C@@H](Cc1ccccc1)C(=O)O. The molecule has 1 aromatic rings. The molecule has 5 heteroatoms. The summed E-state index contributed by atoms with van der Waals surface area (Å²) in [6.45, 7) is 1.87. The number of carbonyl (C=O) groups excluding carboxylic acids is 1. The van der Waals surface area contributed by atoms with E-state index in [0.29, 0.717) is 6.42 Å². The summed E-state index contributed by atoms with van der Waals surface area (Å²) >= 11 is 0. The third-order valence-corrected chi connectivity index (χ3v) is 3.10. The summed E-state index contributed by atoms with van der Waals surface area (Å²) < 4.78 is 5.05. The molecule has 0 heterocycles. The van der Waals surface area contributed by atoms with Crippen LogP contribution in [0.1, 0.15) is 25.3 Å². The number of rotatable bonds is 8. The lowest BCUT2D eigenvalue weighted by Crippen LogP contribution is -2.42. The molecular formula is C15H21NO4. The van der Waals surface area contributed by atoms with Crippen molar-refractivity contribution in [3.8, 4) is 0 Å². The van der Waals surface area contributed by atoms with Crippen molar-refractivity contribution in [1.29, 1.82) is 0 Å². The molecule has 0 aliphatic carbocycles. The Bertz CT molecular complexity index is 433. The summed E-state index contributed by atoms with van der Waals surface area (Å²) in [5.41, 5.74) is 0.880. The quantitative estimate of drug-likeness (QED) is 0.758. The maximum Gasteiger partial charge on any atom is 0.326 e. The molecule has 1 aromatic carbocycles. The van der Waals surface area contributed by atoms with Crippen molar-refractivity contribution in [3.63, 3.8) is 0 Å². The number of aliphatic carboxylic acids is 1. The van der Waals surface area contributed by atoms with Crippen molar-refractivity contribution in [2.24, 2.45) is 0 Å². The van der Waals surface area contributed by atoms with E-state index >= 15 is 0 Å². The highest BCUT2D eigenvalue weighted by Gasteiger charge is 2.20. The fourth-order valence-electron chi connectivity index (χ4n) is 1.77. The van der Waals surface area contributed by atoms with E-state index in [1.807, 2.05) is 37.3 Å². The monoisotopic (exact) mass is 279 g/mol. The second-order valence-corrected chi connectivity index (χ2v) is 4.73. The molecule has 0 radical (unpaired) electrons. The summed E-state index contributed by atoms with van der Waals surface area (Å²) in [4.78, 5) is 22.9. The minimum atomic E-state index is -1.03. The van der Waals surface area contributed by atoms with Crippen LogP contribution in [0, 0.1) is 0 Å². The predicted octanol–water partition coefficient (Wildman–Crippen LogP) is 1.61. The number of methoxy groups -OCH3 is 1. The molecule has 1 rings (SSSR count). The van der Waals surface area contributed by atoms with Gasteiger partial charge in [0.15, 0.2) is 0 Å². The van der Waals surface area contributed by atoms with Crippen molar-refractivity contribution >= 4 is 11.9 Å². The van der Waals surface area contributed by atoms with Crippen molar-refractivity contribution in [3.05, 3.63) is 35.9 Å². The largest absolute Gasteiger partial charge is 0.480 e. The van der Waals surface area contributed by atoms with Gasteiger partial charge in [0, 0.05) is 20.0 Å². The molecule has 0 saturated carbocycles. The van der Waals surface area contributed by atoms with Crippen molar-refractivity contribution in [2.75, 3.05) is 7.11 Å². The normalized spacial score (nSPS) is 13.5. The molecule has 0 bridgehead atoms. The first kappa shape index (κ1) is 16.2. The van der Waals surface area contributed by atoms with E-state index < -0.39 is 12.0 Å². The Labute approximate surface area is 118 Å². The van der Waals surface area contributed by atoms with E-state index in [1.54, 1.807) is 7.11 Å². The molecule has 0 aromatic heterocycles. The molecule has 2 N–H and O–H groups in total. The van der Waals surface area contributed by atoms with E-state index in [-0.39, 0.29) is 24.9 Å². The molecule has 0 spiro atoms. The van der Waals surface area contributed by atoms with Crippen LogP contribution in [0.3, 0.4) is 0 Å². The minimum absolute atomic E-state index is 0.0156. The minimum Gasteiger partial charge on any atom is -0.480 e. The van der Waals surface area contributed by atoms with Gasteiger partial charge in [-0.1, -0.05) is 30.3 Å². The first-order chi connectivity index (χ1) is 9.52. The van der Waals surface area contributed by atoms with Crippen LogP contribution in [-0.4, -0.2) is 36.2 Å². The van der Waals surface area contributed by atoms with Gasteiger partial charge in [0.25, 0.3) is 0 Å². The second kappa shape index (κ2) is 8.32. The Morgan fingerprint density at radius 2 is 1.95 bits per heavy atom. The van der Waals surface area contributed by atoms with Crippen LogP contribution < -0.4 is 5.32 Å². The van der Waals surface area contributed by atoms with Crippen LogP contribution in [0.25, 0.3) is 0 Å². The molecule has 0 aliphatic heterocycles. The molecule has 0 aliphatic rings. The summed E-state index contributed by atoms with van der Waals surface area (Å²) in [7, 11) is 1.58. The lowest BCUT2D eigenvalue weighted by Gasteiger charge is -2.15. The van der Waals surface area contributed by atoms with Crippen molar-refractivity contribution < 1.29 is 19.4 Å². The fourth-order valence-corrected chi connectivity index (χ4v) is 1.77. The highest BCUT2D eigenvalue weighted by Crippen LogP contribution is 2.05. The van der Waals surface area contributed by atoms with Crippen LogP contribution in [0.15, 0.2) is 30.3 Å². The maximum absolute atomic E-state index is 11.7. The zero-order valence-electron chi connectivity index (χ0n) is 11.8. The maximum atomic E-state index is 11.7. The van der Waals surface area contributed by atoms with Gasteiger partial charge in [-0.05, 0) is 18.9 Å². The molecule has 5 nitrogen and oxygen atoms in total. The van der Waals surface area contributed by atoms with Crippen LogP contribution in [-0.2, 0) is 20.7 Å². The average Bonchev–Trinajstić information content (AvgIpc) is 2.45. The van der Waals surface area contributed by atoms with Crippen LogP contribution >= 0.6 is 0 Å². The standard InChI is InChI=1S/C15H21NO4/c1-11(20-2)8-9-14(17)16-13(15(18)19)10-12-6-4-3-5-7-12/h3-7,11,13H,8-10H2,1-2H3,(H,16,17)(H,18,19)/t11?,13-/m0/s1.